The number of esters is 4. The summed E-state index contributed by atoms with van der Waals surface area (Å²) in [7, 11) is 0. The molecule has 0 radical (unpaired) electrons. The van der Waals surface area contributed by atoms with Crippen LogP contribution in [0, 0.1) is 96.9 Å². The predicted octanol–water partition coefficient (Wildman–Crippen LogP) is 20.5. The lowest BCUT2D eigenvalue weighted by molar-refractivity contribution is 0.0725. The van der Waals surface area contributed by atoms with Gasteiger partial charge in [-0.2, -0.15) is 0 Å². The molecular formula is C86H76N4O8. The van der Waals surface area contributed by atoms with Gasteiger partial charge in [-0.15, -0.1) is 0 Å². The van der Waals surface area contributed by atoms with Crippen molar-refractivity contribution in [2.45, 2.75) is 96.9 Å². The number of aromatic amines is 2. The van der Waals surface area contributed by atoms with E-state index in [1.807, 2.05) is 254 Å². The van der Waals surface area contributed by atoms with E-state index in [4.69, 9.17) is 28.9 Å². The van der Waals surface area contributed by atoms with Crippen LogP contribution in [0.15, 0.2) is 170 Å². The highest BCUT2D eigenvalue weighted by molar-refractivity contribution is 5.99. The van der Waals surface area contributed by atoms with Gasteiger partial charge in [0.2, 0.25) is 0 Å². The van der Waals surface area contributed by atoms with Crippen molar-refractivity contribution in [3.05, 3.63) is 293 Å². The standard InChI is InChI=1S/C69H58N4O6.C17H18O2/c1-37-31-50(32-38(2)43(37)7)67(74)77-53-17-11-47(12-18-53)64-58-25-23-56(70-58)46(10)57-24-26-59(71-57)65(48-13-19-54(20-14-48)78-68(75)51-33-39(3)44(8)40(4)34-51)61-28-30-63(73-61)66(62-29-27-60(64)72-62)49-15-21-55(22-16-49)79-69(76)52-35-41(5)45(9)42(6)36-52;1-11-5-7-16(8-6-11)19-17(18)15-9-12(2)14(4)13(3)10-15/h11-36,70,73H,1-10H3;5-10H,1-4H3. The number of hydrogen-bond acceptors (Lipinski definition) is 10. The predicted molar refractivity (Wildman–Crippen MR) is 394 cm³/mol. The molecule has 5 heterocycles. The summed E-state index contributed by atoms with van der Waals surface area (Å²) in [6.45, 7) is 28.2. The SMILES string of the molecule is Cc1cc(C(=O)Oc2ccc(-c3c4nc(c(-c5ccc(OC(=O)c6cc(C)c(C)c(C)c6)cc5)c5ccc([nH]5)c(-c5ccc(OC(=O)c6cc(C)c(C)c(C)c6)cc5)c5nc(c(C)c6ccc3[nH]6)C=C5)C=C4)cc2)cc(C)c1C.Cc1ccc(OC(=O)c2cc(C)c(C)c(C)c2)cc1. The van der Waals surface area contributed by atoms with Crippen molar-refractivity contribution >= 4 is 70.2 Å². The Morgan fingerprint density at radius 1 is 0.265 bits per heavy atom. The molecule has 8 aromatic carbocycles. The molecule has 0 saturated heterocycles. The molecule has 0 unspecified atom stereocenters. The van der Waals surface area contributed by atoms with Crippen molar-refractivity contribution < 1.29 is 38.1 Å². The highest BCUT2D eigenvalue weighted by Crippen LogP contribution is 2.39. The van der Waals surface area contributed by atoms with Gasteiger partial charge in [-0.05, 0) is 332 Å². The lowest BCUT2D eigenvalue weighted by Crippen LogP contribution is -2.09. The van der Waals surface area contributed by atoms with Crippen LogP contribution in [0.3, 0.4) is 0 Å². The van der Waals surface area contributed by atoms with Gasteiger partial charge in [-0.3, -0.25) is 0 Å². The number of H-pyrrole nitrogens is 2. The average molecular weight is 1290 g/mol. The fraction of sp³-hybridized carbons (Fsp3) is 0.163. The zero-order chi connectivity index (χ0) is 69.4. The lowest BCUT2D eigenvalue weighted by Gasteiger charge is -2.10. The third kappa shape index (κ3) is 14.0. The van der Waals surface area contributed by atoms with Gasteiger partial charge in [-0.1, -0.05) is 54.1 Å². The molecule has 13 rings (SSSR count). The Kier molecular flexibility index (Phi) is 18.6. The van der Waals surface area contributed by atoms with Gasteiger partial charge in [0.15, 0.2) is 0 Å². The Morgan fingerprint density at radius 2 is 0.490 bits per heavy atom. The van der Waals surface area contributed by atoms with Crippen LogP contribution in [0.25, 0.3) is 79.8 Å². The Morgan fingerprint density at radius 3 is 0.765 bits per heavy atom. The highest BCUT2D eigenvalue weighted by atomic mass is 16.5. The molecule has 0 amide bonds. The van der Waals surface area contributed by atoms with Crippen molar-refractivity contribution in [2.24, 2.45) is 0 Å². The van der Waals surface area contributed by atoms with E-state index in [0.717, 1.165) is 139 Å². The Hall–Kier alpha value is -11.8. The molecule has 0 aliphatic carbocycles. The second-order valence-corrected chi connectivity index (χ2v) is 25.6. The molecule has 12 nitrogen and oxygen atoms in total. The van der Waals surface area contributed by atoms with Crippen LogP contribution in [0.5, 0.6) is 23.0 Å². The molecule has 2 aliphatic heterocycles. The van der Waals surface area contributed by atoms with Crippen LogP contribution >= 0.6 is 0 Å². The second-order valence-electron chi connectivity index (χ2n) is 25.6. The molecule has 11 aromatic rings. The first-order chi connectivity index (χ1) is 46.9. The van der Waals surface area contributed by atoms with Crippen molar-refractivity contribution in [3.8, 4) is 56.4 Å². The monoisotopic (exact) mass is 1290 g/mol. The van der Waals surface area contributed by atoms with Crippen molar-refractivity contribution in [3.63, 3.8) is 0 Å². The van der Waals surface area contributed by atoms with Gasteiger partial charge >= 0.3 is 23.9 Å². The third-order valence-corrected chi connectivity index (χ3v) is 19.0. The number of benzene rings is 8. The van der Waals surface area contributed by atoms with Crippen molar-refractivity contribution in [2.75, 3.05) is 0 Å². The first kappa shape index (κ1) is 66.3. The van der Waals surface area contributed by atoms with Gasteiger partial charge in [-0.25, -0.2) is 29.1 Å². The number of nitrogens with one attached hydrogen (secondary N) is 2. The van der Waals surface area contributed by atoms with Gasteiger partial charge in [0.25, 0.3) is 0 Å². The topological polar surface area (TPSA) is 163 Å². The third-order valence-electron chi connectivity index (χ3n) is 19.0. The quantitative estimate of drug-likeness (QED) is 0.0941. The van der Waals surface area contributed by atoms with E-state index in [9.17, 15) is 19.2 Å². The fourth-order valence-electron chi connectivity index (χ4n) is 12.2. The van der Waals surface area contributed by atoms with E-state index in [2.05, 4.69) is 23.0 Å². The number of nitrogens with zero attached hydrogens (tertiary/aromatic N) is 2. The van der Waals surface area contributed by atoms with E-state index in [-0.39, 0.29) is 5.97 Å². The number of carbonyl (C=O) groups is 4. The molecule has 2 aliphatic rings. The van der Waals surface area contributed by atoms with Crippen molar-refractivity contribution in [1.82, 2.24) is 19.9 Å². The Balaban J connectivity index is 0.000000414. The number of aryl methyl sites for hydroxylation is 10. The van der Waals surface area contributed by atoms with Gasteiger partial charge in [0.05, 0.1) is 45.0 Å². The van der Waals surface area contributed by atoms with Crippen LogP contribution in [-0.2, 0) is 0 Å². The van der Waals surface area contributed by atoms with E-state index < -0.39 is 17.9 Å². The molecule has 0 saturated carbocycles. The molecule has 488 valence electrons. The van der Waals surface area contributed by atoms with E-state index in [1.54, 1.807) is 24.3 Å². The average Bonchev–Trinajstić information content (AvgIpc) is 1.62. The Labute approximate surface area is 571 Å². The molecule has 2 N–H and O–H groups in total. The molecule has 3 aromatic heterocycles. The smallest absolute Gasteiger partial charge is 0.343 e. The van der Waals surface area contributed by atoms with Crippen LogP contribution in [-0.4, -0.2) is 43.8 Å². The van der Waals surface area contributed by atoms with E-state index in [1.165, 1.54) is 5.56 Å². The number of hydrogen-bond donors (Lipinski definition) is 2. The number of rotatable bonds is 11. The maximum absolute atomic E-state index is 13.5. The lowest BCUT2D eigenvalue weighted by atomic mass is 10.0. The normalized spacial score (nSPS) is 11.4. The zero-order valence-electron chi connectivity index (χ0n) is 57.6. The molecule has 98 heavy (non-hydrogen) atoms. The minimum atomic E-state index is -0.436. The molecule has 0 fully saturated rings. The minimum absolute atomic E-state index is 0.310. The van der Waals surface area contributed by atoms with E-state index >= 15 is 0 Å². The van der Waals surface area contributed by atoms with Gasteiger partial charge in [0, 0.05) is 38.8 Å². The van der Waals surface area contributed by atoms with Gasteiger partial charge < -0.3 is 28.9 Å². The summed E-state index contributed by atoms with van der Waals surface area (Å²) in [6.07, 6.45) is 8.07. The first-order valence-electron chi connectivity index (χ1n) is 32.6. The summed E-state index contributed by atoms with van der Waals surface area (Å²) in [5.74, 6) is 0.210. The Bertz CT molecular complexity index is 5090. The number of fused-ring (bicyclic) bond motifs is 8. The summed E-state index contributed by atoms with van der Waals surface area (Å²) in [5, 5.41) is 0. The summed E-state index contributed by atoms with van der Waals surface area (Å²) < 4.78 is 23.2. The van der Waals surface area contributed by atoms with Gasteiger partial charge in [0.1, 0.15) is 23.0 Å². The first-order valence-corrected chi connectivity index (χ1v) is 32.6. The summed E-state index contributed by atoms with van der Waals surface area (Å²) in [6, 6.07) is 53.0. The molecule has 0 atom stereocenters. The van der Waals surface area contributed by atoms with Crippen LogP contribution in [0.2, 0.25) is 0 Å². The van der Waals surface area contributed by atoms with Crippen LogP contribution in [0.1, 0.15) is 142 Å². The zero-order valence-corrected chi connectivity index (χ0v) is 57.6. The number of ether oxygens (including phenoxy) is 4. The van der Waals surface area contributed by atoms with E-state index in [0.29, 0.717) is 56.6 Å². The molecular weight excluding hydrogens is 1220 g/mol. The summed E-state index contributed by atoms with van der Waals surface area (Å²) in [4.78, 5) is 70.6. The minimum Gasteiger partial charge on any atom is -0.423 e. The second kappa shape index (κ2) is 27.5. The maximum atomic E-state index is 13.5. The largest absolute Gasteiger partial charge is 0.423 e. The molecule has 8 bridgehead atoms. The van der Waals surface area contributed by atoms with Crippen LogP contribution < -0.4 is 18.9 Å². The summed E-state index contributed by atoms with van der Waals surface area (Å²) in [5.41, 5.74) is 28.3. The fourth-order valence-corrected chi connectivity index (χ4v) is 12.2. The van der Waals surface area contributed by atoms with Crippen LogP contribution in [0.4, 0.5) is 0 Å². The maximum Gasteiger partial charge on any atom is 0.343 e. The number of aromatic nitrogens is 4. The molecule has 12 heteroatoms. The van der Waals surface area contributed by atoms with Crippen molar-refractivity contribution in [1.29, 1.82) is 0 Å². The summed E-state index contributed by atoms with van der Waals surface area (Å²) >= 11 is 0. The molecule has 0 spiro atoms. The highest BCUT2D eigenvalue weighted by Gasteiger charge is 2.22. The number of carbonyl (C=O) groups excluding carboxylic acids is 4.